The summed E-state index contributed by atoms with van der Waals surface area (Å²) in [7, 11) is 0. The number of aliphatic hydroxyl groups excluding tert-OH is 2. The summed E-state index contributed by atoms with van der Waals surface area (Å²) < 4.78 is 5.20. The fourth-order valence-corrected chi connectivity index (χ4v) is 1.93. The predicted octanol–water partition coefficient (Wildman–Crippen LogP) is -0.00701. The van der Waals surface area contributed by atoms with Crippen LogP contribution in [0.3, 0.4) is 0 Å². The van der Waals surface area contributed by atoms with Gasteiger partial charge in [-0.05, 0) is 32.2 Å². The summed E-state index contributed by atoms with van der Waals surface area (Å²) >= 11 is 0. The van der Waals surface area contributed by atoms with Gasteiger partial charge in [0.2, 0.25) is 0 Å². The van der Waals surface area contributed by atoms with Crippen LogP contribution in [0, 0.1) is 6.92 Å². The quantitative estimate of drug-likeness (QED) is 0.356. The smallest absolute Gasteiger partial charge is 0.109 e. The molecule has 2 radical (unpaired) electrons. The van der Waals surface area contributed by atoms with Crippen molar-refractivity contribution in [3.05, 3.63) is 17.4 Å². The van der Waals surface area contributed by atoms with E-state index in [2.05, 4.69) is 10.0 Å². The molecule has 0 spiro atoms. The van der Waals surface area contributed by atoms with Gasteiger partial charge in [-0.3, -0.25) is 0 Å². The van der Waals surface area contributed by atoms with Gasteiger partial charge in [0.15, 0.2) is 0 Å². The molecule has 0 aromatic carbocycles. The minimum Gasteiger partial charge on any atom is -0.388 e. The maximum Gasteiger partial charge on any atom is 0.109 e. The topological polar surface area (TPSA) is 124 Å². The second-order valence-corrected chi connectivity index (χ2v) is 4.43. The lowest BCUT2D eigenvalue weighted by atomic mass is 9.99. The molecule has 4 N–H and O–H groups in total. The third-order valence-electron chi connectivity index (χ3n) is 2.76. The van der Waals surface area contributed by atoms with Crippen LogP contribution in [0.1, 0.15) is 19.8 Å². The van der Waals surface area contributed by atoms with Gasteiger partial charge in [-0.1, -0.05) is 5.11 Å². The Kier molecular flexibility index (Phi) is 5.17. The molecule has 17 heavy (non-hydrogen) atoms. The van der Waals surface area contributed by atoms with Crippen molar-refractivity contribution in [1.82, 2.24) is 0 Å². The molecule has 96 valence electrons. The average Bonchev–Trinajstić information content (AvgIpc) is 2.46. The van der Waals surface area contributed by atoms with Crippen molar-refractivity contribution in [3.63, 3.8) is 0 Å². The van der Waals surface area contributed by atoms with Crippen LogP contribution in [0.5, 0.6) is 0 Å². The first-order chi connectivity index (χ1) is 7.95. The van der Waals surface area contributed by atoms with Crippen LogP contribution in [0.25, 0.3) is 10.4 Å². The maximum atomic E-state index is 9.66. The first-order valence-electron chi connectivity index (χ1n) is 5.52. The van der Waals surface area contributed by atoms with Crippen LogP contribution >= 0.6 is 0 Å². The molecule has 1 aliphatic heterocycles. The monoisotopic (exact) mass is 242 g/mol. The molecule has 0 aromatic rings. The largest absolute Gasteiger partial charge is 0.388 e. The molecule has 0 bridgehead atoms. The van der Waals surface area contributed by atoms with Crippen molar-refractivity contribution in [3.8, 4) is 0 Å². The summed E-state index contributed by atoms with van der Waals surface area (Å²) in [5.41, 5.74) is 14.1. The third-order valence-corrected chi connectivity index (χ3v) is 2.76. The summed E-state index contributed by atoms with van der Waals surface area (Å²) in [5.74, 6) is 0. The van der Waals surface area contributed by atoms with Crippen molar-refractivity contribution in [2.24, 2.45) is 10.8 Å². The molecule has 4 unspecified atom stereocenters. The van der Waals surface area contributed by atoms with Crippen LogP contribution in [0.4, 0.5) is 0 Å². The summed E-state index contributed by atoms with van der Waals surface area (Å²) in [6.07, 6.45) is -2.93. The molecule has 0 aliphatic carbocycles. The van der Waals surface area contributed by atoms with E-state index in [1.807, 2.05) is 0 Å². The van der Waals surface area contributed by atoms with E-state index in [0.29, 0.717) is 6.42 Å². The van der Waals surface area contributed by atoms with Crippen molar-refractivity contribution in [2.75, 3.05) is 0 Å². The molecular weight excluding hydrogens is 224 g/mol. The van der Waals surface area contributed by atoms with Gasteiger partial charge in [0.1, 0.15) is 12.2 Å². The zero-order chi connectivity index (χ0) is 13.0. The van der Waals surface area contributed by atoms with Gasteiger partial charge in [-0.2, -0.15) is 0 Å². The van der Waals surface area contributed by atoms with Crippen LogP contribution < -0.4 is 5.73 Å². The molecule has 7 heteroatoms. The Labute approximate surface area is 100 Å². The Hall–Kier alpha value is -0.850. The molecule has 1 heterocycles. The van der Waals surface area contributed by atoms with Crippen molar-refractivity contribution >= 4 is 0 Å². The number of hydrogen-bond acceptors (Lipinski definition) is 5. The van der Waals surface area contributed by atoms with Gasteiger partial charge in [0.25, 0.3) is 0 Å². The lowest BCUT2D eigenvalue weighted by Gasteiger charge is -2.20. The number of ether oxygens (including phenoxy) is 1. The minimum absolute atomic E-state index is 0.123. The molecule has 6 atom stereocenters. The SMILES string of the molecule is [CH]C1O[C@H](CC(CC(C)N)N=[N+]=[N-])[C@H](O)C1O. The summed E-state index contributed by atoms with van der Waals surface area (Å²) in [4.78, 5) is 2.73. The van der Waals surface area contributed by atoms with Crippen molar-refractivity contribution < 1.29 is 14.9 Å². The Bertz CT molecular complexity index is 293. The van der Waals surface area contributed by atoms with Gasteiger partial charge >= 0.3 is 0 Å². The minimum atomic E-state index is -1.11. The van der Waals surface area contributed by atoms with Crippen LogP contribution in [-0.4, -0.2) is 46.7 Å². The van der Waals surface area contributed by atoms with Crippen molar-refractivity contribution in [1.29, 1.82) is 0 Å². The van der Waals surface area contributed by atoms with Crippen LogP contribution in [-0.2, 0) is 4.74 Å². The predicted molar refractivity (Wildman–Crippen MR) is 60.8 cm³/mol. The molecule has 1 saturated heterocycles. The number of rotatable bonds is 5. The summed E-state index contributed by atoms with van der Waals surface area (Å²) in [6.45, 7) is 7.25. The van der Waals surface area contributed by atoms with Gasteiger partial charge in [-0.25, -0.2) is 0 Å². The first-order valence-corrected chi connectivity index (χ1v) is 5.52. The summed E-state index contributed by atoms with van der Waals surface area (Å²) in [5, 5.41) is 22.7. The van der Waals surface area contributed by atoms with Crippen molar-refractivity contribution in [2.45, 2.75) is 56.3 Å². The Morgan fingerprint density at radius 3 is 2.59 bits per heavy atom. The first kappa shape index (κ1) is 14.2. The third kappa shape index (κ3) is 3.83. The van der Waals surface area contributed by atoms with E-state index in [9.17, 15) is 10.2 Å². The molecule has 1 fully saturated rings. The highest BCUT2D eigenvalue weighted by atomic mass is 16.5. The molecule has 0 saturated carbocycles. The lowest BCUT2D eigenvalue weighted by molar-refractivity contribution is 0.0118. The van der Waals surface area contributed by atoms with E-state index < -0.39 is 24.4 Å². The normalized spacial score (nSPS) is 36.3. The zero-order valence-electron chi connectivity index (χ0n) is 9.68. The van der Waals surface area contributed by atoms with Crippen LogP contribution in [0.15, 0.2) is 5.11 Å². The van der Waals surface area contributed by atoms with Gasteiger partial charge in [0.05, 0.1) is 12.2 Å². The molecule has 0 aromatic heterocycles. The highest BCUT2D eigenvalue weighted by Crippen LogP contribution is 2.25. The Morgan fingerprint density at radius 1 is 1.53 bits per heavy atom. The highest BCUT2D eigenvalue weighted by molar-refractivity contribution is 4.93. The lowest BCUT2D eigenvalue weighted by Crippen LogP contribution is -2.34. The van der Waals surface area contributed by atoms with E-state index in [-0.39, 0.29) is 18.5 Å². The number of nitrogens with two attached hydrogens (primary N) is 1. The Morgan fingerprint density at radius 2 is 2.18 bits per heavy atom. The molecule has 7 nitrogen and oxygen atoms in total. The second-order valence-electron chi connectivity index (χ2n) is 4.43. The van der Waals surface area contributed by atoms with E-state index in [0.717, 1.165) is 0 Å². The van der Waals surface area contributed by atoms with E-state index >= 15 is 0 Å². The fraction of sp³-hybridized carbons (Fsp3) is 0.900. The van der Waals surface area contributed by atoms with Gasteiger partial charge in [0, 0.05) is 17.0 Å². The molecule has 0 amide bonds. The standard InChI is InChI=1S/C10H18N4O3/c1-5(11)3-7(13-14-12)4-8-10(16)9(15)6(2)17-8/h2,5-10,15-16H,3-4,11H2,1H3/t5?,6?,7?,8-,9?,10+/m1/s1. The molecule has 1 aliphatic rings. The van der Waals surface area contributed by atoms with Gasteiger partial charge < -0.3 is 20.7 Å². The Balaban J connectivity index is 2.58. The summed E-state index contributed by atoms with van der Waals surface area (Å²) in [6, 6.07) is -0.500. The van der Waals surface area contributed by atoms with E-state index in [1.165, 1.54) is 0 Å². The number of hydrogen-bond donors (Lipinski definition) is 3. The average molecular weight is 242 g/mol. The van der Waals surface area contributed by atoms with E-state index in [1.54, 1.807) is 6.92 Å². The number of azide groups is 1. The zero-order valence-corrected chi connectivity index (χ0v) is 9.68. The number of aliphatic hydroxyl groups is 2. The van der Waals surface area contributed by atoms with Crippen LogP contribution in [0.2, 0.25) is 0 Å². The van der Waals surface area contributed by atoms with Gasteiger partial charge in [-0.15, -0.1) is 0 Å². The molecular formula is C10H18N4O3. The maximum absolute atomic E-state index is 9.66. The second kappa shape index (κ2) is 6.18. The highest BCUT2D eigenvalue weighted by Gasteiger charge is 2.41. The van der Waals surface area contributed by atoms with E-state index in [4.69, 9.17) is 22.9 Å². The molecule has 1 rings (SSSR count). The number of nitrogens with zero attached hydrogens (tertiary/aromatic N) is 3. The fourth-order valence-electron chi connectivity index (χ4n) is 1.93.